The number of nitrogens with two attached hydrogens (primary N) is 1. The molecular formula is C15H17N3O2. The zero-order valence-electron chi connectivity index (χ0n) is 11.3. The summed E-state index contributed by atoms with van der Waals surface area (Å²) in [6.45, 7) is 1.34. The van der Waals surface area contributed by atoms with E-state index >= 15 is 0 Å². The zero-order valence-corrected chi connectivity index (χ0v) is 11.3. The van der Waals surface area contributed by atoms with Gasteiger partial charge < -0.3 is 5.73 Å². The molecule has 2 rings (SSSR count). The van der Waals surface area contributed by atoms with Crippen LogP contribution in [0.3, 0.4) is 0 Å². The van der Waals surface area contributed by atoms with Crippen molar-refractivity contribution in [3.63, 3.8) is 0 Å². The Morgan fingerprint density at radius 3 is 2.45 bits per heavy atom. The largest absolute Gasteiger partial charge is 0.393 e. The van der Waals surface area contributed by atoms with Crippen LogP contribution in [0.15, 0.2) is 48.5 Å². The molecule has 0 heterocycles. The Kier molecular flexibility index (Phi) is 4.32. The predicted molar refractivity (Wildman–Crippen MR) is 79.1 cm³/mol. The Morgan fingerprint density at radius 2 is 1.80 bits per heavy atom. The van der Waals surface area contributed by atoms with Gasteiger partial charge in [0.1, 0.15) is 5.69 Å². The minimum Gasteiger partial charge on any atom is -0.393 e. The van der Waals surface area contributed by atoms with Crippen LogP contribution in [0.25, 0.3) is 0 Å². The third-order valence-corrected chi connectivity index (χ3v) is 3.11. The van der Waals surface area contributed by atoms with E-state index in [-0.39, 0.29) is 11.4 Å². The van der Waals surface area contributed by atoms with Crippen molar-refractivity contribution in [3.05, 3.63) is 69.8 Å². The topological polar surface area (TPSA) is 72.4 Å². The minimum absolute atomic E-state index is 0.0318. The van der Waals surface area contributed by atoms with Crippen molar-refractivity contribution >= 4 is 11.4 Å². The summed E-state index contributed by atoms with van der Waals surface area (Å²) in [6.07, 6.45) is 0. The highest BCUT2D eigenvalue weighted by molar-refractivity contribution is 5.62. The van der Waals surface area contributed by atoms with Gasteiger partial charge in [-0.15, -0.1) is 0 Å². The summed E-state index contributed by atoms with van der Waals surface area (Å²) < 4.78 is 0. The third-order valence-electron chi connectivity index (χ3n) is 3.11. The van der Waals surface area contributed by atoms with Gasteiger partial charge in [-0.1, -0.05) is 42.5 Å². The standard InChI is InChI=1S/C15H17N3O2/c1-17(10-12-6-3-2-4-7-12)11-13-8-5-9-14(15(13)16)18(19)20/h2-9H,10-11,16H2,1H3. The maximum Gasteiger partial charge on any atom is 0.292 e. The van der Waals surface area contributed by atoms with E-state index in [0.717, 1.165) is 12.1 Å². The number of hydrogen-bond donors (Lipinski definition) is 1. The summed E-state index contributed by atoms with van der Waals surface area (Å²) in [5, 5.41) is 10.9. The molecule has 5 nitrogen and oxygen atoms in total. The molecule has 20 heavy (non-hydrogen) atoms. The van der Waals surface area contributed by atoms with Gasteiger partial charge in [0.2, 0.25) is 0 Å². The first kappa shape index (κ1) is 14.0. The summed E-state index contributed by atoms with van der Waals surface area (Å²) in [5.74, 6) is 0. The first-order valence-corrected chi connectivity index (χ1v) is 6.32. The number of rotatable bonds is 5. The van der Waals surface area contributed by atoms with Crippen LogP contribution in [-0.2, 0) is 13.1 Å². The molecule has 0 fully saturated rings. The summed E-state index contributed by atoms with van der Waals surface area (Å²) >= 11 is 0. The molecule has 104 valence electrons. The Labute approximate surface area is 117 Å². The fourth-order valence-electron chi connectivity index (χ4n) is 2.14. The van der Waals surface area contributed by atoms with Crippen molar-refractivity contribution in [1.29, 1.82) is 0 Å². The number of para-hydroxylation sites is 1. The second kappa shape index (κ2) is 6.16. The van der Waals surface area contributed by atoms with E-state index in [1.807, 2.05) is 43.4 Å². The van der Waals surface area contributed by atoms with E-state index in [1.165, 1.54) is 11.6 Å². The molecule has 0 unspecified atom stereocenters. The van der Waals surface area contributed by atoms with Crippen molar-refractivity contribution in [2.45, 2.75) is 13.1 Å². The van der Waals surface area contributed by atoms with E-state index < -0.39 is 4.92 Å². The van der Waals surface area contributed by atoms with Crippen LogP contribution in [0.2, 0.25) is 0 Å². The zero-order chi connectivity index (χ0) is 14.5. The molecule has 5 heteroatoms. The monoisotopic (exact) mass is 271 g/mol. The highest BCUT2D eigenvalue weighted by atomic mass is 16.6. The molecular weight excluding hydrogens is 254 g/mol. The SMILES string of the molecule is CN(Cc1ccccc1)Cc1cccc([N+](=O)[O-])c1N. The number of hydrogen-bond acceptors (Lipinski definition) is 4. The number of anilines is 1. The van der Waals surface area contributed by atoms with Crippen molar-refractivity contribution in [2.24, 2.45) is 0 Å². The van der Waals surface area contributed by atoms with Gasteiger partial charge >= 0.3 is 0 Å². The van der Waals surface area contributed by atoms with E-state index in [0.29, 0.717) is 6.54 Å². The van der Waals surface area contributed by atoms with Crippen LogP contribution < -0.4 is 5.73 Å². The molecule has 0 saturated carbocycles. The average molecular weight is 271 g/mol. The molecule has 2 aromatic rings. The smallest absolute Gasteiger partial charge is 0.292 e. The summed E-state index contributed by atoms with van der Waals surface area (Å²) in [4.78, 5) is 12.5. The lowest BCUT2D eigenvalue weighted by atomic mass is 10.1. The number of nitrogens with zero attached hydrogens (tertiary/aromatic N) is 2. The van der Waals surface area contributed by atoms with E-state index in [9.17, 15) is 10.1 Å². The quantitative estimate of drug-likeness (QED) is 0.515. The maximum atomic E-state index is 10.9. The van der Waals surface area contributed by atoms with Crippen LogP contribution in [0.5, 0.6) is 0 Å². The van der Waals surface area contributed by atoms with Gasteiger partial charge in [-0.2, -0.15) is 0 Å². The lowest BCUT2D eigenvalue weighted by Gasteiger charge is -2.17. The molecule has 0 amide bonds. The van der Waals surface area contributed by atoms with Gasteiger partial charge in [-0.3, -0.25) is 15.0 Å². The Bertz CT molecular complexity index is 599. The molecule has 2 aromatic carbocycles. The normalized spacial score (nSPS) is 10.7. The lowest BCUT2D eigenvalue weighted by molar-refractivity contribution is -0.384. The van der Waals surface area contributed by atoms with E-state index in [4.69, 9.17) is 5.73 Å². The number of nitrogen functional groups attached to an aromatic ring is 1. The summed E-state index contributed by atoms with van der Waals surface area (Å²) in [7, 11) is 1.96. The van der Waals surface area contributed by atoms with Gasteiger partial charge in [-0.05, 0) is 18.2 Å². The molecule has 2 N–H and O–H groups in total. The minimum atomic E-state index is -0.448. The van der Waals surface area contributed by atoms with Crippen molar-refractivity contribution in [1.82, 2.24) is 4.90 Å². The Morgan fingerprint density at radius 1 is 1.10 bits per heavy atom. The number of nitro benzene ring substituents is 1. The van der Waals surface area contributed by atoms with Crippen molar-refractivity contribution in [2.75, 3.05) is 12.8 Å². The first-order valence-electron chi connectivity index (χ1n) is 6.32. The molecule has 0 spiro atoms. The van der Waals surface area contributed by atoms with Crippen LogP contribution >= 0.6 is 0 Å². The van der Waals surface area contributed by atoms with Crippen LogP contribution in [0.1, 0.15) is 11.1 Å². The molecule has 0 aromatic heterocycles. The number of benzene rings is 2. The van der Waals surface area contributed by atoms with Gasteiger partial charge in [0.15, 0.2) is 0 Å². The van der Waals surface area contributed by atoms with Gasteiger partial charge in [0.05, 0.1) is 4.92 Å². The molecule has 0 saturated heterocycles. The summed E-state index contributed by atoms with van der Waals surface area (Å²) in [5.41, 5.74) is 8.04. The van der Waals surface area contributed by atoms with Gasteiger partial charge in [-0.25, -0.2) is 0 Å². The molecule has 0 aliphatic heterocycles. The third kappa shape index (κ3) is 3.33. The van der Waals surface area contributed by atoms with Crippen LogP contribution in [0.4, 0.5) is 11.4 Å². The first-order chi connectivity index (χ1) is 9.58. The van der Waals surface area contributed by atoms with Gasteiger partial charge in [0, 0.05) is 19.2 Å². The molecule has 0 atom stereocenters. The van der Waals surface area contributed by atoms with E-state index in [1.54, 1.807) is 6.07 Å². The predicted octanol–water partition coefficient (Wildman–Crippen LogP) is 2.81. The number of nitro groups is 1. The van der Waals surface area contributed by atoms with Crippen LogP contribution in [0, 0.1) is 10.1 Å². The highest BCUT2D eigenvalue weighted by Gasteiger charge is 2.15. The highest BCUT2D eigenvalue weighted by Crippen LogP contribution is 2.25. The molecule has 0 bridgehead atoms. The molecule has 0 aliphatic rings. The van der Waals surface area contributed by atoms with Gasteiger partial charge in [0.25, 0.3) is 5.69 Å². The average Bonchev–Trinajstić information content (AvgIpc) is 2.42. The lowest BCUT2D eigenvalue weighted by Crippen LogP contribution is -2.18. The fourth-order valence-corrected chi connectivity index (χ4v) is 2.14. The van der Waals surface area contributed by atoms with E-state index in [2.05, 4.69) is 4.90 Å². The van der Waals surface area contributed by atoms with Crippen molar-refractivity contribution in [3.8, 4) is 0 Å². The molecule has 0 radical (unpaired) electrons. The maximum absolute atomic E-state index is 10.9. The van der Waals surface area contributed by atoms with Crippen LogP contribution in [-0.4, -0.2) is 16.9 Å². The second-order valence-corrected chi connectivity index (χ2v) is 4.76. The Hall–Kier alpha value is -2.40. The molecule has 0 aliphatic carbocycles. The summed E-state index contributed by atoms with van der Waals surface area (Å²) in [6, 6.07) is 15.0. The second-order valence-electron chi connectivity index (χ2n) is 4.76. The fraction of sp³-hybridized carbons (Fsp3) is 0.200. The van der Waals surface area contributed by atoms with Crippen molar-refractivity contribution < 1.29 is 4.92 Å². The Balaban J connectivity index is 2.10.